The number of hydrogen-bond donors (Lipinski definition) is 0. The molecule has 1 heterocycles. The van der Waals surface area contributed by atoms with Crippen LogP contribution in [-0.4, -0.2) is 25.4 Å². The first kappa shape index (κ1) is 19.0. The monoisotopic (exact) mass is 298 g/mol. The molecule has 0 aromatic rings. The van der Waals surface area contributed by atoms with Gasteiger partial charge in [0.2, 0.25) is 0 Å². The number of rotatable bonds is 14. The maximum Gasteiger partial charge on any atom is 0.0813 e. The molecule has 0 aromatic heterocycles. The van der Waals surface area contributed by atoms with Crippen LogP contribution in [0.25, 0.3) is 0 Å². The first-order valence-corrected chi connectivity index (χ1v) is 9.60. The zero-order valence-corrected chi connectivity index (χ0v) is 14.6. The molecular formula is C19H38O2. The van der Waals surface area contributed by atoms with Crippen molar-refractivity contribution in [2.24, 2.45) is 0 Å². The van der Waals surface area contributed by atoms with Gasteiger partial charge in [0.15, 0.2) is 0 Å². The second-order valence-electron chi connectivity index (χ2n) is 6.62. The molecule has 21 heavy (non-hydrogen) atoms. The van der Waals surface area contributed by atoms with Gasteiger partial charge in [-0.25, -0.2) is 0 Å². The third-order valence-corrected chi connectivity index (χ3v) is 4.60. The van der Waals surface area contributed by atoms with E-state index in [4.69, 9.17) is 9.47 Å². The zero-order chi connectivity index (χ0) is 15.2. The number of ether oxygens (including phenoxy) is 2. The first-order chi connectivity index (χ1) is 10.4. The normalized spacial score (nSPS) is 22.0. The van der Waals surface area contributed by atoms with Gasteiger partial charge < -0.3 is 9.47 Å². The second-order valence-corrected chi connectivity index (χ2v) is 6.62. The zero-order valence-electron chi connectivity index (χ0n) is 14.6. The average molecular weight is 299 g/mol. The Morgan fingerprint density at radius 3 is 1.90 bits per heavy atom. The fraction of sp³-hybridized carbons (Fsp3) is 1.00. The van der Waals surface area contributed by atoms with E-state index >= 15 is 0 Å². The van der Waals surface area contributed by atoms with E-state index in [0.29, 0.717) is 12.2 Å². The third kappa shape index (κ3) is 10.3. The molecule has 0 aromatic carbocycles. The molecule has 0 unspecified atom stereocenters. The predicted octanol–water partition coefficient (Wildman–Crippen LogP) is 5.88. The predicted molar refractivity (Wildman–Crippen MR) is 90.8 cm³/mol. The summed E-state index contributed by atoms with van der Waals surface area (Å²) < 4.78 is 11.6. The lowest BCUT2D eigenvalue weighted by Gasteiger charge is -2.12. The molecule has 1 aliphatic rings. The van der Waals surface area contributed by atoms with Crippen LogP contribution in [0.4, 0.5) is 0 Å². The molecular weight excluding hydrogens is 260 g/mol. The van der Waals surface area contributed by atoms with Crippen LogP contribution in [0.15, 0.2) is 0 Å². The van der Waals surface area contributed by atoms with Gasteiger partial charge in [-0.3, -0.25) is 0 Å². The van der Waals surface area contributed by atoms with Crippen molar-refractivity contribution in [1.29, 1.82) is 0 Å². The lowest BCUT2D eigenvalue weighted by molar-refractivity contribution is -0.0163. The van der Waals surface area contributed by atoms with Crippen LogP contribution in [0, 0.1) is 0 Å². The average Bonchev–Trinajstić information content (AvgIpc) is 2.96. The van der Waals surface area contributed by atoms with Crippen LogP contribution in [0.3, 0.4) is 0 Å². The smallest absolute Gasteiger partial charge is 0.0813 e. The Kier molecular flexibility index (Phi) is 12.3. The van der Waals surface area contributed by atoms with Gasteiger partial charge in [0.25, 0.3) is 0 Å². The van der Waals surface area contributed by atoms with Gasteiger partial charge in [-0.1, -0.05) is 71.6 Å². The highest BCUT2D eigenvalue weighted by molar-refractivity contribution is 4.72. The van der Waals surface area contributed by atoms with E-state index in [1.807, 2.05) is 0 Å². The fourth-order valence-electron chi connectivity index (χ4n) is 3.11. The van der Waals surface area contributed by atoms with Crippen LogP contribution >= 0.6 is 0 Å². The lowest BCUT2D eigenvalue weighted by Crippen LogP contribution is -2.17. The summed E-state index contributed by atoms with van der Waals surface area (Å²) in [6.45, 7) is 6.22. The highest BCUT2D eigenvalue weighted by Gasteiger charge is 2.23. The van der Waals surface area contributed by atoms with Crippen LogP contribution in [0.1, 0.15) is 97.3 Å². The number of hydrogen-bond acceptors (Lipinski definition) is 2. The van der Waals surface area contributed by atoms with Crippen molar-refractivity contribution >= 4 is 0 Å². The largest absolute Gasteiger partial charge is 0.379 e. The summed E-state index contributed by atoms with van der Waals surface area (Å²) >= 11 is 0. The van der Waals surface area contributed by atoms with Crippen molar-refractivity contribution in [1.82, 2.24) is 0 Å². The summed E-state index contributed by atoms with van der Waals surface area (Å²) in [4.78, 5) is 0. The maximum absolute atomic E-state index is 5.89. The number of unbranched alkanes of at least 4 members (excludes halogenated alkanes) is 9. The molecule has 1 aliphatic heterocycles. The molecule has 126 valence electrons. The highest BCUT2D eigenvalue weighted by Crippen LogP contribution is 2.22. The summed E-state index contributed by atoms with van der Waals surface area (Å²) in [6, 6.07) is 0. The molecule has 0 amide bonds. The summed E-state index contributed by atoms with van der Waals surface area (Å²) in [6.07, 6.45) is 18.3. The van der Waals surface area contributed by atoms with Crippen LogP contribution in [-0.2, 0) is 9.47 Å². The SMILES string of the molecule is CCCCCCCCCCCCOC[C@H]1CC[C@@H](CC)O1. The van der Waals surface area contributed by atoms with Gasteiger partial charge in [-0.15, -0.1) is 0 Å². The molecule has 0 saturated carbocycles. The van der Waals surface area contributed by atoms with Crippen molar-refractivity contribution in [3.63, 3.8) is 0 Å². The Bertz CT molecular complexity index is 218. The molecule has 1 saturated heterocycles. The van der Waals surface area contributed by atoms with E-state index in [2.05, 4.69) is 13.8 Å². The van der Waals surface area contributed by atoms with Crippen LogP contribution in [0.2, 0.25) is 0 Å². The first-order valence-electron chi connectivity index (χ1n) is 9.60. The molecule has 0 bridgehead atoms. The Morgan fingerprint density at radius 1 is 0.762 bits per heavy atom. The Labute approximate surface area is 133 Å². The summed E-state index contributed by atoms with van der Waals surface area (Å²) in [7, 11) is 0. The Hall–Kier alpha value is -0.0800. The van der Waals surface area contributed by atoms with Crippen molar-refractivity contribution in [2.45, 2.75) is 110 Å². The van der Waals surface area contributed by atoms with Crippen LogP contribution < -0.4 is 0 Å². The molecule has 1 rings (SSSR count). The Morgan fingerprint density at radius 2 is 1.33 bits per heavy atom. The third-order valence-electron chi connectivity index (χ3n) is 4.60. The van der Waals surface area contributed by atoms with E-state index in [1.165, 1.54) is 77.0 Å². The molecule has 2 nitrogen and oxygen atoms in total. The molecule has 0 aliphatic carbocycles. The topological polar surface area (TPSA) is 18.5 Å². The molecule has 2 heteroatoms. The van der Waals surface area contributed by atoms with E-state index < -0.39 is 0 Å². The quantitative estimate of drug-likeness (QED) is 0.373. The van der Waals surface area contributed by atoms with E-state index in [0.717, 1.165) is 19.6 Å². The second kappa shape index (κ2) is 13.6. The highest BCUT2D eigenvalue weighted by atomic mass is 16.5. The minimum absolute atomic E-state index is 0.373. The minimum Gasteiger partial charge on any atom is -0.379 e. The van der Waals surface area contributed by atoms with Gasteiger partial charge in [-0.05, 0) is 25.7 Å². The fourth-order valence-corrected chi connectivity index (χ4v) is 3.11. The molecule has 1 fully saturated rings. The van der Waals surface area contributed by atoms with Gasteiger partial charge >= 0.3 is 0 Å². The Balaban J connectivity index is 1.73. The van der Waals surface area contributed by atoms with E-state index in [9.17, 15) is 0 Å². The van der Waals surface area contributed by atoms with Gasteiger partial charge in [0.1, 0.15) is 0 Å². The summed E-state index contributed by atoms with van der Waals surface area (Å²) in [5.41, 5.74) is 0. The van der Waals surface area contributed by atoms with Gasteiger partial charge in [-0.2, -0.15) is 0 Å². The van der Waals surface area contributed by atoms with Gasteiger partial charge in [0.05, 0.1) is 18.8 Å². The van der Waals surface area contributed by atoms with Crippen molar-refractivity contribution in [3.8, 4) is 0 Å². The minimum atomic E-state index is 0.373. The summed E-state index contributed by atoms with van der Waals surface area (Å²) in [5.74, 6) is 0. The maximum atomic E-state index is 5.89. The molecule has 2 atom stereocenters. The van der Waals surface area contributed by atoms with Crippen molar-refractivity contribution in [3.05, 3.63) is 0 Å². The van der Waals surface area contributed by atoms with E-state index in [-0.39, 0.29) is 0 Å². The van der Waals surface area contributed by atoms with E-state index in [1.54, 1.807) is 0 Å². The summed E-state index contributed by atoms with van der Waals surface area (Å²) in [5, 5.41) is 0. The molecule has 0 radical (unpaired) electrons. The van der Waals surface area contributed by atoms with Crippen molar-refractivity contribution < 1.29 is 9.47 Å². The van der Waals surface area contributed by atoms with Gasteiger partial charge in [0, 0.05) is 6.61 Å². The standard InChI is InChI=1S/C19H38O2/c1-3-5-6-7-8-9-10-11-12-13-16-20-17-19-15-14-18(4-2)21-19/h18-19H,3-17H2,1-2H3/t18-,19-/m1/s1. The van der Waals surface area contributed by atoms with Crippen LogP contribution in [0.5, 0.6) is 0 Å². The molecule has 0 spiro atoms. The van der Waals surface area contributed by atoms with Crippen molar-refractivity contribution in [2.75, 3.05) is 13.2 Å². The molecule has 0 N–H and O–H groups in total. The lowest BCUT2D eigenvalue weighted by atomic mass is 10.1.